The molecule has 0 aromatic heterocycles. The molecule has 4 heteroatoms. The summed E-state index contributed by atoms with van der Waals surface area (Å²) >= 11 is 6.19. The first kappa shape index (κ1) is 13.7. The van der Waals surface area contributed by atoms with E-state index in [-0.39, 0.29) is 11.5 Å². The van der Waals surface area contributed by atoms with E-state index in [2.05, 4.69) is 6.07 Å². The topological polar surface area (TPSA) is 44.5 Å². The minimum atomic E-state index is 0.0868. The molecule has 100 valence electrons. The monoisotopic (exact) mass is 269 g/mol. The van der Waals surface area contributed by atoms with Crippen LogP contribution in [0, 0.1) is 0 Å². The van der Waals surface area contributed by atoms with Gasteiger partial charge in [0.05, 0.1) is 25.3 Å². The molecular weight excluding hydrogens is 250 g/mol. The lowest BCUT2D eigenvalue weighted by molar-refractivity contribution is -0.0656. The third-order valence-electron chi connectivity index (χ3n) is 3.60. The van der Waals surface area contributed by atoms with Crippen molar-refractivity contribution >= 4 is 11.6 Å². The Morgan fingerprint density at radius 2 is 2.22 bits per heavy atom. The van der Waals surface area contributed by atoms with Gasteiger partial charge in [0.25, 0.3) is 0 Å². The SMILES string of the molecule is COc1ccc(C2(CCC(C)N)COC2)cc1Cl. The van der Waals surface area contributed by atoms with Crippen LogP contribution in [-0.4, -0.2) is 26.4 Å². The maximum absolute atomic E-state index is 6.19. The van der Waals surface area contributed by atoms with Crippen LogP contribution < -0.4 is 10.5 Å². The van der Waals surface area contributed by atoms with Gasteiger partial charge in [0, 0.05) is 11.5 Å². The zero-order valence-corrected chi connectivity index (χ0v) is 11.7. The highest BCUT2D eigenvalue weighted by Gasteiger charge is 2.40. The molecule has 0 amide bonds. The van der Waals surface area contributed by atoms with Gasteiger partial charge in [-0.3, -0.25) is 0 Å². The molecule has 1 fully saturated rings. The predicted molar refractivity (Wildman–Crippen MR) is 73.4 cm³/mol. The van der Waals surface area contributed by atoms with E-state index in [0.717, 1.165) is 26.1 Å². The maximum Gasteiger partial charge on any atom is 0.137 e. The minimum absolute atomic E-state index is 0.0868. The summed E-state index contributed by atoms with van der Waals surface area (Å²) < 4.78 is 10.6. The fraction of sp³-hybridized carbons (Fsp3) is 0.571. The van der Waals surface area contributed by atoms with Crippen molar-refractivity contribution in [2.75, 3.05) is 20.3 Å². The van der Waals surface area contributed by atoms with E-state index in [1.54, 1.807) is 7.11 Å². The molecule has 18 heavy (non-hydrogen) atoms. The number of hydrogen-bond acceptors (Lipinski definition) is 3. The molecule has 2 rings (SSSR count). The average Bonchev–Trinajstić information content (AvgIpc) is 2.27. The lowest BCUT2D eigenvalue weighted by Crippen LogP contribution is -2.47. The third kappa shape index (κ3) is 2.63. The van der Waals surface area contributed by atoms with Gasteiger partial charge < -0.3 is 15.2 Å². The highest BCUT2D eigenvalue weighted by molar-refractivity contribution is 6.32. The van der Waals surface area contributed by atoms with Crippen LogP contribution >= 0.6 is 11.6 Å². The Hall–Kier alpha value is -0.770. The first-order chi connectivity index (χ1) is 8.57. The molecule has 1 heterocycles. The van der Waals surface area contributed by atoms with Crippen molar-refractivity contribution in [3.63, 3.8) is 0 Å². The number of rotatable bonds is 5. The number of benzene rings is 1. The van der Waals surface area contributed by atoms with Gasteiger partial charge >= 0.3 is 0 Å². The smallest absolute Gasteiger partial charge is 0.137 e. The molecule has 0 bridgehead atoms. The molecule has 0 saturated carbocycles. The minimum Gasteiger partial charge on any atom is -0.495 e. The summed E-state index contributed by atoms with van der Waals surface area (Å²) in [6.45, 7) is 3.54. The van der Waals surface area contributed by atoms with Crippen molar-refractivity contribution in [2.24, 2.45) is 5.73 Å². The summed E-state index contributed by atoms with van der Waals surface area (Å²) in [5.74, 6) is 0.711. The fourth-order valence-corrected chi connectivity index (χ4v) is 2.56. The lowest BCUT2D eigenvalue weighted by atomic mass is 9.74. The van der Waals surface area contributed by atoms with E-state index >= 15 is 0 Å². The molecule has 0 spiro atoms. The Labute approximate surface area is 113 Å². The summed E-state index contributed by atoms with van der Waals surface area (Å²) in [5, 5.41) is 0.655. The largest absolute Gasteiger partial charge is 0.495 e. The lowest BCUT2D eigenvalue weighted by Gasteiger charge is -2.42. The molecule has 1 atom stereocenters. The molecule has 1 aliphatic rings. The van der Waals surface area contributed by atoms with E-state index < -0.39 is 0 Å². The quantitative estimate of drug-likeness (QED) is 0.894. The van der Waals surface area contributed by atoms with Crippen LogP contribution in [0.2, 0.25) is 5.02 Å². The van der Waals surface area contributed by atoms with Gasteiger partial charge in [-0.05, 0) is 37.5 Å². The van der Waals surface area contributed by atoms with Crippen molar-refractivity contribution in [2.45, 2.75) is 31.2 Å². The number of hydrogen-bond donors (Lipinski definition) is 1. The second-order valence-corrected chi connectivity index (χ2v) is 5.55. The van der Waals surface area contributed by atoms with E-state index in [1.165, 1.54) is 5.56 Å². The van der Waals surface area contributed by atoms with E-state index in [0.29, 0.717) is 10.8 Å². The van der Waals surface area contributed by atoms with Gasteiger partial charge in [-0.25, -0.2) is 0 Å². The van der Waals surface area contributed by atoms with E-state index in [1.807, 2.05) is 19.1 Å². The van der Waals surface area contributed by atoms with Crippen LogP contribution in [0.5, 0.6) is 5.75 Å². The van der Waals surface area contributed by atoms with E-state index in [9.17, 15) is 0 Å². The second-order valence-electron chi connectivity index (χ2n) is 5.14. The normalized spacial score (nSPS) is 19.1. The average molecular weight is 270 g/mol. The molecule has 1 aliphatic heterocycles. The van der Waals surface area contributed by atoms with Crippen LogP contribution in [0.15, 0.2) is 18.2 Å². The van der Waals surface area contributed by atoms with Crippen molar-refractivity contribution < 1.29 is 9.47 Å². The number of ether oxygens (including phenoxy) is 2. The number of methoxy groups -OCH3 is 1. The Morgan fingerprint density at radius 1 is 1.50 bits per heavy atom. The van der Waals surface area contributed by atoms with Crippen molar-refractivity contribution in [1.82, 2.24) is 0 Å². The van der Waals surface area contributed by atoms with Gasteiger partial charge in [-0.2, -0.15) is 0 Å². The summed E-state index contributed by atoms with van der Waals surface area (Å²) in [4.78, 5) is 0. The standard InChI is InChI=1S/C14H20ClNO2/c1-10(16)5-6-14(8-18-9-14)11-3-4-13(17-2)12(15)7-11/h3-4,7,10H,5-6,8-9,16H2,1-2H3. The molecule has 1 aromatic carbocycles. The zero-order chi connectivity index (χ0) is 13.2. The van der Waals surface area contributed by atoms with Gasteiger partial charge in [0.15, 0.2) is 0 Å². The summed E-state index contributed by atoms with van der Waals surface area (Å²) in [6.07, 6.45) is 2.03. The zero-order valence-electron chi connectivity index (χ0n) is 10.9. The molecular formula is C14H20ClNO2. The molecule has 3 nitrogen and oxygen atoms in total. The molecule has 2 N–H and O–H groups in total. The molecule has 1 saturated heterocycles. The second kappa shape index (κ2) is 5.47. The Balaban J connectivity index is 2.19. The maximum atomic E-state index is 6.19. The number of nitrogens with two attached hydrogens (primary N) is 1. The van der Waals surface area contributed by atoms with Crippen molar-refractivity contribution in [3.05, 3.63) is 28.8 Å². The summed E-state index contributed by atoms with van der Waals surface area (Å²) in [7, 11) is 1.62. The fourth-order valence-electron chi connectivity index (χ4n) is 2.30. The van der Waals surface area contributed by atoms with Gasteiger partial charge in [0.2, 0.25) is 0 Å². The van der Waals surface area contributed by atoms with Crippen molar-refractivity contribution in [1.29, 1.82) is 0 Å². The predicted octanol–water partition coefficient (Wildman–Crippen LogP) is 2.74. The van der Waals surface area contributed by atoms with Gasteiger partial charge in [-0.1, -0.05) is 17.7 Å². The molecule has 0 aliphatic carbocycles. The van der Waals surface area contributed by atoms with Crippen LogP contribution in [0.25, 0.3) is 0 Å². The van der Waals surface area contributed by atoms with Gasteiger partial charge in [0.1, 0.15) is 5.75 Å². The Morgan fingerprint density at radius 3 is 2.67 bits per heavy atom. The Bertz CT molecular complexity index is 416. The summed E-state index contributed by atoms with van der Waals surface area (Å²) in [5.41, 5.74) is 7.15. The third-order valence-corrected chi connectivity index (χ3v) is 3.89. The van der Waals surface area contributed by atoms with Crippen molar-refractivity contribution in [3.8, 4) is 5.75 Å². The highest BCUT2D eigenvalue weighted by Crippen LogP contribution is 2.39. The van der Waals surface area contributed by atoms with Crippen LogP contribution in [0.4, 0.5) is 0 Å². The summed E-state index contributed by atoms with van der Waals surface area (Å²) in [6, 6.07) is 6.21. The van der Waals surface area contributed by atoms with E-state index in [4.69, 9.17) is 26.8 Å². The Kier molecular flexibility index (Phi) is 4.15. The molecule has 1 unspecified atom stereocenters. The van der Waals surface area contributed by atoms with Crippen LogP contribution in [0.3, 0.4) is 0 Å². The molecule has 1 aromatic rings. The van der Waals surface area contributed by atoms with Crippen LogP contribution in [0.1, 0.15) is 25.3 Å². The number of halogens is 1. The first-order valence-electron chi connectivity index (χ1n) is 6.25. The highest BCUT2D eigenvalue weighted by atomic mass is 35.5. The molecule has 0 radical (unpaired) electrons. The first-order valence-corrected chi connectivity index (χ1v) is 6.62. The van der Waals surface area contributed by atoms with Crippen LogP contribution in [-0.2, 0) is 10.2 Å². The van der Waals surface area contributed by atoms with Gasteiger partial charge in [-0.15, -0.1) is 0 Å².